The summed E-state index contributed by atoms with van der Waals surface area (Å²) in [5.41, 5.74) is 0.756. The summed E-state index contributed by atoms with van der Waals surface area (Å²) in [6, 6.07) is 23.9. The topological polar surface area (TPSA) is 113 Å². The number of hydrogen-bond acceptors (Lipinski definition) is 6. The molecule has 2 heterocycles. The Morgan fingerprint density at radius 2 is 1.49 bits per heavy atom. The van der Waals surface area contributed by atoms with Crippen LogP contribution in [0.1, 0.15) is 33.1 Å². The minimum absolute atomic E-state index is 0.0271. The summed E-state index contributed by atoms with van der Waals surface area (Å²) >= 11 is 0. The molecule has 3 aromatic carbocycles. The van der Waals surface area contributed by atoms with Gasteiger partial charge in [-0.25, -0.2) is 4.79 Å². The zero-order valence-corrected chi connectivity index (χ0v) is 20.2. The Kier molecular flexibility index (Phi) is 6.35. The van der Waals surface area contributed by atoms with Crippen molar-refractivity contribution >= 4 is 23.8 Å². The molecule has 37 heavy (non-hydrogen) atoms. The molecule has 2 N–H and O–H groups in total. The number of amides is 2. The van der Waals surface area contributed by atoms with Gasteiger partial charge in [0.15, 0.2) is 0 Å². The number of carboxylic acid groups (broad SMARTS) is 1. The standard InChI is InChI=1S/C29H26N2O6/c1-37-27(34)21-14-12-20(13-15-21)24-22-23(26(33)31(25(22)32)17-19-10-6-3-7-11-19)29(30-24,28(35)36)16-18-8-4-2-5-9-18/h2-15,22-24,30H,16-17H2,1H3,(H,35,36). The number of likely N-dealkylation sites (tertiary alicyclic amines) is 1. The molecule has 2 saturated heterocycles. The third-order valence-electron chi connectivity index (χ3n) is 7.33. The van der Waals surface area contributed by atoms with Gasteiger partial charge >= 0.3 is 11.9 Å². The molecule has 2 aliphatic rings. The Morgan fingerprint density at radius 3 is 2.05 bits per heavy atom. The fraction of sp³-hybridized carbons (Fsp3) is 0.241. The van der Waals surface area contributed by atoms with Crippen LogP contribution in [-0.4, -0.2) is 46.4 Å². The largest absolute Gasteiger partial charge is 0.480 e. The smallest absolute Gasteiger partial charge is 0.337 e. The zero-order chi connectivity index (χ0) is 26.2. The van der Waals surface area contributed by atoms with E-state index in [0.29, 0.717) is 11.1 Å². The molecule has 8 heteroatoms. The second-order valence-electron chi connectivity index (χ2n) is 9.43. The van der Waals surface area contributed by atoms with Gasteiger partial charge in [-0.1, -0.05) is 72.8 Å². The summed E-state index contributed by atoms with van der Waals surface area (Å²) in [4.78, 5) is 53.6. The van der Waals surface area contributed by atoms with Gasteiger partial charge in [0.05, 0.1) is 31.1 Å². The highest BCUT2D eigenvalue weighted by Gasteiger charge is 2.68. The van der Waals surface area contributed by atoms with Crippen LogP contribution in [0.2, 0.25) is 0 Å². The van der Waals surface area contributed by atoms with Crippen LogP contribution in [0.4, 0.5) is 0 Å². The lowest BCUT2D eigenvalue weighted by Gasteiger charge is -2.31. The Morgan fingerprint density at radius 1 is 0.892 bits per heavy atom. The van der Waals surface area contributed by atoms with E-state index in [9.17, 15) is 24.3 Å². The van der Waals surface area contributed by atoms with Crippen molar-refractivity contribution in [1.29, 1.82) is 0 Å². The Hall–Kier alpha value is -4.30. The number of aliphatic carboxylic acids is 1. The fourth-order valence-electron chi connectivity index (χ4n) is 5.57. The lowest BCUT2D eigenvalue weighted by Crippen LogP contribution is -2.57. The molecule has 188 valence electrons. The summed E-state index contributed by atoms with van der Waals surface area (Å²) in [6.07, 6.45) is 0.0271. The van der Waals surface area contributed by atoms with E-state index in [1.165, 1.54) is 12.0 Å². The van der Waals surface area contributed by atoms with Crippen molar-refractivity contribution in [2.75, 3.05) is 7.11 Å². The van der Waals surface area contributed by atoms with Crippen LogP contribution >= 0.6 is 0 Å². The first-order chi connectivity index (χ1) is 17.9. The molecule has 0 aliphatic carbocycles. The van der Waals surface area contributed by atoms with Crippen molar-refractivity contribution < 1.29 is 29.0 Å². The number of imide groups is 1. The van der Waals surface area contributed by atoms with Crippen molar-refractivity contribution in [2.45, 2.75) is 24.5 Å². The highest BCUT2D eigenvalue weighted by molar-refractivity contribution is 6.09. The van der Waals surface area contributed by atoms with Gasteiger partial charge in [-0.2, -0.15) is 0 Å². The second-order valence-corrected chi connectivity index (χ2v) is 9.43. The van der Waals surface area contributed by atoms with Gasteiger partial charge in [0.25, 0.3) is 0 Å². The molecule has 0 aromatic heterocycles. The first-order valence-corrected chi connectivity index (χ1v) is 12.0. The molecule has 2 aliphatic heterocycles. The van der Waals surface area contributed by atoms with E-state index >= 15 is 0 Å². The number of nitrogens with zero attached hydrogens (tertiary/aromatic N) is 1. The molecule has 0 spiro atoms. The van der Waals surface area contributed by atoms with Gasteiger partial charge in [-0.05, 0) is 28.8 Å². The van der Waals surface area contributed by atoms with E-state index in [1.807, 2.05) is 60.7 Å². The highest BCUT2D eigenvalue weighted by atomic mass is 16.5. The molecule has 0 saturated carbocycles. The molecule has 0 bridgehead atoms. The second kappa shape index (κ2) is 9.63. The number of hydrogen-bond donors (Lipinski definition) is 2. The van der Waals surface area contributed by atoms with Gasteiger partial charge in [-0.15, -0.1) is 0 Å². The summed E-state index contributed by atoms with van der Waals surface area (Å²) in [5.74, 6) is -4.63. The van der Waals surface area contributed by atoms with Gasteiger partial charge in [0.2, 0.25) is 11.8 Å². The van der Waals surface area contributed by atoms with Crippen molar-refractivity contribution in [3.8, 4) is 0 Å². The van der Waals surface area contributed by atoms with E-state index in [0.717, 1.165) is 11.1 Å². The predicted molar refractivity (Wildman–Crippen MR) is 133 cm³/mol. The number of esters is 1. The van der Waals surface area contributed by atoms with Crippen LogP contribution in [0, 0.1) is 11.8 Å². The van der Waals surface area contributed by atoms with Crippen LogP contribution in [0.25, 0.3) is 0 Å². The van der Waals surface area contributed by atoms with E-state index in [4.69, 9.17) is 4.74 Å². The highest BCUT2D eigenvalue weighted by Crippen LogP contribution is 2.50. The molecule has 5 rings (SSSR count). The van der Waals surface area contributed by atoms with Crippen LogP contribution in [0.3, 0.4) is 0 Å². The summed E-state index contributed by atoms with van der Waals surface area (Å²) in [7, 11) is 1.29. The third-order valence-corrected chi connectivity index (χ3v) is 7.33. The van der Waals surface area contributed by atoms with E-state index in [1.54, 1.807) is 24.3 Å². The maximum absolute atomic E-state index is 13.8. The lowest BCUT2D eigenvalue weighted by atomic mass is 9.76. The monoisotopic (exact) mass is 498 g/mol. The number of rotatable bonds is 7. The maximum Gasteiger partial charge on any atom is 0.337 e. The first-order valence-electron chi connectivity index (χ1n) is 12.0. The van der Waals surface area contributed by atoms with E-state index in [2.05, 4.69) is 5.32 Å². The molecular weight excluding hydrogens is 472 g/mol. The average molecular weight is 499 g/mol. The third kappa shape index (κ3) is 4.19. The number of carbonyl (C=O) groups is 4. The summed E-state index contributed by atoms with van der Waals surface area (Å²) in [6.45, 7) is 0.0700. The van der Waals surface area contributed by atoms with Crippen molar-refractivity contribution in [3.05, 3.63) is 107 Å². The molecular formula is C29H26N2O6. The summed E-state index contributed by atoms with van der Waals surface area (Å²) in [5, 5.41) is 13.8. The minimum atomic E-state index is -1.70. The van der Waals surface area contributed by atoms with Crippen LogP contribution in [0.5, 0.6) is 0 Å². The normalized spacial score (nSPS) is 24.7. The molecule has 8 nitrogen and oxygen atoms in total. The SMILES string of the molecule is COC(=O)c1ccc(C2NC(Cc3ccccc3)(C(=O)O)C3C(=O)N(Cc4ccccc4)C(=O)C23)cc1. The van der Waals surface area contributed by atoms with Crippen LogP contribution < -0.4 is 5.32 Å². The van der Waals surface area contributed by atoms with Gasteiger partial charge in [-0.3, -0.25) is 24.6 Å². The number of carboxylic acids is 1. The maximum atomic E-state index is 13.8. The minimum Gasteiger partial charge on any atom is -0.480 e. The number of ether oxygens (including phenoxy) is 1. The molecule has 2 amide bonds. The first kappa shape index (κ1) is 24.4. The van der Waals surface area contributed by atoms with Crippen molar-refractivity contribution in [3.63, 3.8) is 0 Å². The summed E-state index contributed by atoms with van der Waals surface area (Å²) < 4.78 is 4.77. The number of carbonyl (C=O) groups excluding carboxylic acids is 3. The Labute approximate surface area is 213 Å². The molecule has 4 unspecified atom stereocenters. The van der Waals surface area contributed by atoms with Gasteiger partial charge < -0.3 is 9.84 Å². The Bertz CT molecular complexity index is 1340. The van der Waals surface area contributed by atoms with E-state index < -0.39 is 47.2 Å². The van der Waals surface area contributed by atoms with Crippen LogP contribution in [0.15, 0.2) is 84.9 Å². The lowest BCUT2D eigenvalue weighted by molar-refractivity contribution is -0.151. The molecule has 3 aromatic rings. The molecule has 4 atom stereocenters. The quantitative estimate of drug-likeness (QED) is 0.380. The fourth-order valence-corrected chi connectivity index (χ4v) is 5.57. The van der Waals surface area contributed by atoms with Crippen molar-refractivity contribution in [1.82, 2.24) is 10.2 Å². The van der Waals surface area contributed by atoms with E-state index in [-0.39, 0.29) is 13.0 Å². The van der Waals surface area contributed by atoms with Crippen molar-refractivity contribution in [2.24, 2.45) is 11.8 Å². The average Bonchev–Trinajstić information content (AvgIpc) is 3.39. The number of fused-ring (bicyclic) bond motifs is 1. The van der Waals surface area contributed by atoms with Crippen LogP contribution in [-0.2, 0) is 32.1 Å². The number of benzene rings is 3. The number of methoxy groups -OCH3 is 1. The Balaban J connectivity index is 1.58. The zero-order valence-electron chi connectivity index (χ0n) is 20.2. The number of nitrogens with one attached hydrogen (secondary N) is 1. The van der Waals surface area contributed by atoms with Gasteiger partial charge in [0, 0.05) is 12.5 Å². The van der Waals surface area contributed by atoms with Gasteiger partial charge in [0.1, 0.15) is 5.54 Å². The molecule has 0 radical (unpaired) electrons. The predicted octanol–water partition coefficient (Wildman–Crippen LogP) is 2.99. The molecule has 2 fully saturated rings.